The molecule has 3 aromatic rings. The van der Waals surface area contributed by atoms with Gasteiger partial charge in [-0.25, -0.2) is 0 Å². The van der Waals surface area contributed by atoms with Crippen LogP contribution in [0.4, 0.5) is 0 Å². The van der Waals surface area contributed by atoms with Gasteiger partial charge in [-0.15, -0.1) is 0 Å². The standard InChI is InChI=1S/C32H42O5Si/c1-26(22-35-23-27-15-9-6-10-16-27)31(36-25-34-5)21-28(33)24-37-38(32(2,3)4,29-17-11-7-12-18-29)30-19-13-8-14-20-30/h6-20,26,31H,21-25H2,1-5H3/t26-,31+/m1/s1. The molecule has 0 saturated heterocycles. The van der Waals surface area contributed by atoms with Crippen molar-refractivity contribution in [2.24, 2.45) is 5.92 Å². The highest BCUT2D eigenvalue weighted by atomic mass is 28.4. The Morgan fingerprint density at radius 3 is 1.87 bits per heavy atom. The van der Waals surface area contributed by atoms with Crippen LogP contribution in [0.15, 0.2) is 91.0 Å². The van der Waals surface area contributed by atoms with Crippen molar-refractivity contribution < 1.29 is 23.4 Å². The van der Waals surface area contributed by atoms with Gasteiger partial charge in [0.15, 0.2) is 5.78 Å². The van der Waals surface area contributed by atoms with E-state index in [1.165, 1.54) is 0 Å². The molecule has 38 heavy (non-hydrogen) atoms. The van der Waals surface area contributed by atoms with Crippen LogP contribution in [0.3, 0.4) is 0 Å². The third-order valence-electron chi connectivity index (χ3n) is 6.82. The van der Waals surface area contributed by atoms with Gasteiger partial charge in [0.25, 0.3) is 8.32 Å². The number of benzene rings is 3. The highest BCUT2D eigenvalue weighted by Crippen LogP contribution is 2.36. The number of ether oxygens (including phenoxy) is 3. The largest absolute Gasteiger partial charge is 0.400 e. The van der Waals surface area contributed by atoms with Crippen LogP contribution < -0.4 is 10.4 Å². The maximum Gasteiger partial charge on any atom is 0.261 e. The van der Waals surface area contributed by atoms with Crippen molar-refractivity contribution >= 4 is 24.5 Å². The summed E-state index contributed by atoms with van der Waals surface area (Å²) >= 11 is 0. The van der Waals surface area contributed by atoms with E-state index in [1.807, 2.05) is 73.7 Å². The molecule has 0 amide bonds. The van der Waals surface area contributed by atoms with E-state index in [4.69, 9.17) is 18.6 Å². The SMILES string of the molecule is COCO[C@@H](CC(=O)CO[Si](c1ccccc1)(c1ccccc1)C(C)(C)C)[C@H](C)COCc1ccccc1. The summed E-state index contributed by atoms with van der Waals surface area (Å²) in [6, 6.07) is 30.8. The summed E-state index contributed by atoms with van der Waals surface area (Å²) < 4.78 is 23.8. The monoisotopic (exact) mass is 534 g/mol. The van der Waals surface area contributed by atoms with E-state index in [2.05, 4.69) is 45.0 Å². The van der Waals surface area contributed by atoms with E-state index in [0.717, 1.165) is 15.9 Å². The minimum atomic E-state index is -2.79. The Bertz CT molecular complexity index is 1040. The number of carbonyl (C=O) groups is 1. The van der Waals surface area contributed by atoms with E-state index in [9.17, 15) is 4.79 Å². The molecular weight excluding hydrogens is 492 g/mol. The molecule has 3 rings (SSSR count). The molecule has 0 saturated carbocycles. The molecule has 0 aliphatic heterocycles. The molecule has 2 atom stereocenters. The predicted molar refractivity (Wildman–Crippen MR) is 155 cm³/mol. The van der Waals surface area contributed by atoms with E-state index in [-0.39, 0.29) is 42.7 Å². The summed E-state index contributed by atoms with van der Waals surface area (Å²) in [6.07, 6.45) is -0.0989. The smallest absolute Gasteiger partial charge is 0.261 e. The summed E-state index contributed by atoms with van der Waals surface area (Å²) in [4.78, 5) is 13.4. The summed E-state index contributed by atoms with van der Waals surface area (Å²) in [5, 5.41) is 2.11. The topological polar surface area (TPSA) is 54.0 Å². The Hall–Kier alpha value is -2.61. The maximum absolute atomic E-state index is 13.4. The van der Waals surface area contributed by atoms with Gasteiger partial charge < -0.3 is 18.6 Å². The third kappa shape index (κ3) is 7.95. The minimum absolute atomic E-state index is 0.00526. The fourth-order valence-electron chi connectivity index (χ4n) is 4.86. The van der Waals surface area contributed by atoms with Crippen molar-refractivity contribution in [3.8, 4) is 0 Å². The van der Waals surface area contributed by atoms with Crippen LogP contribution in [0.5, 0.6) is 0 Å². The molecule has 0 bridgehead atoms. The van der Waals surface area contributed by atoms with Gasteiger partial charge >= 0.3 is 0 Å². The van der Waals surface area contributed by atoms with Crippen LogP contribution in [-0.4, -0.2) is 47.3 Å². The molecule has 0 N–H and O–H groups in total. The molecule has 0 unspecified atom stereocenters. The second-order valence-corrected chi connectivity index (χ2v) is 15.1. The van der Waals surface area contributed by atoms with Gasteiger partial charge in [-0.1, -0.05) is 119 Å². The lowest BCUT2D eigenvalue weighted by Gasteiger charge is -2.43. The van der Waals surface area contributed by atoms with Gasteiger partial charge in [-0.2, -0.15) is 0 Å². The first-order chi connectivity index (χ1) is 18.3. The Balaban J connectivity index is 1.73. The highest BCUT2D eigenvalue weighted by Gasteiger charge is 2.50. The first-order valence-corrected chi connectivity index (χ1v) is 15.2. The van der Waals surface area contributed by atoms with E-state index >= 15 is 0 Å². The van der Waals surface area contributed by atoms with Crippen molar-refractivity contribution in [3.05, 3.63) is 96.6 Å². The highest BCUT2D eigenvalue weighted by molar-refractivity contribution is 6.99. The van der Waals surface area contributed by atoms with Crippen LogP contribution in [0, 0.1) is 5.92 Å². The lowest BCUT2D eigenvalue weighted by molar-refractivity contribution is -0.133. The van der Waals surface area contributed by atoms with Crippen molar-refractivity contribution in [1.29, 1.82) is 0 Å². The maximum atomic E-state index is 13.4. The summed E-state index contributed by atoms with van der Waals surface area (Å²) in [5.41, 5.74) is 1.11. The average Bonchev–Trinajstić information content (AvgIpc) is 2.92. The predicted octanol–water partition coefficient (Wildman–Crippen LogP) is 5.36. The Morgan fingerprint density at radius 2 is 1.37 bits per heavy atom. The molecule has 0 aromatic heterocycles. The molecule has 0 radical (unpaired) electrons. The molecule has 3 aromatic carbocycles. The van der Waals surface area contributed by atoms with Gasteiger partial charge in [-0.3, -0.25) is 4.79 Å². The second-order valence-electron chi connectivity index (χ2n) is 10.8. The molecule has 0 spiro atoms. The molecule has 204 valence electrons. The molecule has 0 heterocycles. The van der Waals surface area contributed by atoms with Crippen molar-refractivity contribution in [2.45, 2.75) is 51.9 Å². The van der Waals surface area contributed by atoms with Gasteiger partial charge in [0.05, 0.1) is 25.9 Å². The third-order valence-corrected chi connectivity index (χ3v) is 11.8. The Kier molecular flexibility index (Phi) is 11.4. The molecule has 0 aliphatic rings. The minimum Gasteiger partial charge on any atom is -0.400 e. The zero-order chi connectivity index (χ0) is 27.4. The molecule has 0 aliphatic carbocycles. The number of hydrogen-bond donors (Lipinski definition) is 0. The van der Waals surface area contributed by atoms with Crippen LogP contribution in [0.2, 0.25) is 5.04 Å². The number of ketones is 1. The lowest BCUT2D eigenvalue weighted by atomic mass is 10.0. The van der Waals surface area contributed by atoms with E-state index < -0.39 is 8.32 Å². The first kappa shape index (κ1) is 29.9. The molecule has 6 heteroatoms. The Labute approximate surface area is 229 Å². The van der Waals surface area contributed by atoms with Crippen molar-refractivity contribution in [3.63, 3.8) is 0 Å². The number of methoxy groups -OCH3 is 1. The quantitative estimate of drug-likeness (QED) is 0.194. The van der Waals surface area contributed by atoms with Crippen molar-refractivity contribution in [1.82, 2.24) is 0 Å². The molecule has 5 nitrogen and oxygen atoms in total. The van der Waals surface area contributed by atoms with Gasteiger partial charge in [-0.05, 0) is 21.0 Å². The summed E-state index contributed by atoms with van der Waals surface area (Å²) in [5.74, 6) is 0.0136. The van der Waals surface area contributed by atoms with E-state index in [0.29, 0.717) is 13.2 Å². The van der Waals surface area contributed by atoms with Crippen molar-refractivity contribution in [2.75, 3.05) is 27.1 Å². The van der Waals surface area contributed by atoms with Crippen LogP contribution in [0.25, 0.3) is 0 Å². The zero-order valence-corrected chi connectivity index (χ0v) is 24.4. The fourth-order valence-corrected chi connectivity index (χ4v) is 9.39. The summed E-state index contributed by atoms with van der Waals surface area (Å²) in [6.45, 7) is 9.82. The van der Waals surface area contributed by atoms with Gasteiger partial charge in [0.2, 0.25) is 0 Å². The average molecular weight is 535 g/mol. The van der Waals surface area contributed by atoms with Crippen LogP contribution in [-0.2, 0) is 30.0 Å². The second kappa shape index (κ2) is 14.5. The van der Waals surface area contributed by atoms with E-state index in [1.54, 1.807) is 7.11 Å². The van der Waals surface area contributed by atoms with Crippen LogP contribution in [0.1, 0.15) is 39.7 Å². The lowest BCUT2D eigenvalue weighted by Crippen LogP contribution is -2.67. The first-order valence-electron chi connectivity index (χ1n) is 13.3. The normalized spacial score (nSPS) is 13.7. The zero-order valence-electron chi connectivity index (χ0n) is 23.4. The number of rotatable bonds is 15. The van der Waals surface area contributed by atoms with Crippen LogP contribution >= 0.6 is 0 Å². The Morgan fingerprint density at radius 1 is 0.842 bits per heavy atom. The fraction of sp³-hybridized carbons (Fsp3) is 0.406. The number of hydrogen-bond acceptors (Lipinski definition) is 5. The van der Waals surface area contributed by atoms with Gasteiger partial charge in [0.1, 0.15) is 6.79 Å². The summed E-state index contributed by atoms with van der Waals surface area (Å²) in [7, 11) is -1.20. The molecular formula is C32H42O5Si. The van der Waals surface area contributed by atoms with Gasteiger partial charge in [0, 0.05) is 19.4 Å². The number of Topliss-reactive ketones (excluding diaryl/α,β-unsaturated/α-hetero) is 1. The molecule has 0 fully saturated rings. The number of carbonyl (C=O) groups excluding carboxylic acids is 1.